The molecule has 13 nitrogen and oxygen atoms in total. The number of aromatic nitrogens is 3. The molecule has 1 heterocycles. The molecule has 0 saturated heterocycles. The quantitative estimate of drug-likeness (QED) is 0.238. The zero-order chi connectivity index (χ0) is 23.5. The average molecular weight is 429 g/mol. The van der Waals surface area contributed by atoms with Crippen LogP contribution in [-0.4, -0.2) is 47.6 Å². The van der Waals surface area contributed by atoms with Crippen molar-refractivity contribution in [3.63, 3.8) is 0 Å². The fourth-order valence-corrected chi connectivity index (χ4v) is 2.17. The van der Waals surface area contributed by atoms with Crippen molar-refractivity contribution in [2.45, 2.75) is 46.1 Å². The topological polar surface area (TPSA) is 179 Å². The van der Waals surface area contributed by atoms with Gasteiger partial charge in [0.15, 0.2) is 6.61 Å². The first kappa shape index (κ1) is 24.7. The van der Waals surface area contributed by atoms with Gasteiger partial charge >= 0.3 is 34.9 Å². The lowest BCUT2D eigenvalue weighted by Crippen LogP contribution is -2.63. The molecule has 0 bridgehead atoms. The highest BCUT2D eigenvalue weighted by molar-refractivity contribution is 5.87. The Morgan fingerprint density at radius 2 is 1.33 bits per heavy atom. The van der Waals surface area contributed by atoms with Gasteiger partial charge in [-0.2, -0.15) is 4.57 Å². The van der Waals surface area contributed by atoms with Crippen LogP contribution in [0, 0.1) is 0 Å². The maximum atomic E-state index is 12.7. The molecule has 0 radical (unpaired) electrons. The Morgan fingerprint density at radius 1 is 0.933 bits per heavy atom. The molecule has 0 aliphatic rings. The molecule has 0 spiro atoms. The van der Waals surface area contributed by atoms with Gasteiger partial charge in [0.1, 0.15) is 12.5 Å². The van der Waals surface area contributed by atoms with E-state index in [1.165, 1.54) is 13.8 Å². The van der Waals surface area contributed by atoms with Crippen molar-refractivity contribution >= 4 is 11.9 Å². The summed E-state index contributed by atoms with van der Waals surface area (Å²) in [7, 11) is 0. The van der Waals surface area contributed by atoms with Crippen LogP contribution in [0.25, 0.3) is 0 Å². The van der Waals surface area contributed by atoms with Crippen molar-refractivity contribution in [2.24, 2.45) is 0 Å². The van der Waals surface area contributed by atoms with Crippen LogP contribution in [0.15, 0.2) is 38.7 Å². The second-order valence-corrected chi connectivity index (χ2v) is 6.46. The van der Waals surface area contributed by atoms with E-state index in [4.69, 9.17) is 9.47 Å². The predicted octanol–water partition coefficient (Wildman–Crippen LogP) is -1.97. The predicted molar refractivity (Wildman–Crippen MR) is 100.0 cm³/mol. The summed E-state index contributed by atoms with van der Waals surface area (Å²) in [6.45, 7) is 9.77. The van der Waals surface area contributed by atoms with E-state index >= 15 is 0 Å². The SMILES string of the molecule is C=C(C)C(=O)OCC(O)(OC(=O)C(=C)C)n1c(=O)n(C(C)O)c(=O)n(C(C)O)c1=O. The number of aliphatic hydroxyl groups excluding tert-OH is 2. The molecule has 1 aromatic rings. The fourth-order valence-electron chi connectivity index (χ4n) is 2.17. The van der Waals surface area contributed by atoms with Gasteiger partial charge in [0, 0.05) is 11.1 Å². The molecule has 1 aromatic heterocycles. The third-order valence-corrected chi connectivity index (χ3v) is 3.65. The Balaban J connectivity index is 3.93. The van der Waals surface area contributed by atoms with Crippen molar-refractivity contribution in [2.75, 3.05) is 6.61 Å². The van der Waals surface area contributed by atoms with Crippen molar-refractivity contribution < 1.29 is 34.4 Å². The van der Waals surface area contributed by atoms with Crippen LogP contribution in [0.3, 0.4) is 0 Å². The van der Waals surface area contributed by atoms with Gasteiger partial charge in [0.25, 0.3) is 0 Å². The van der Waals surface area contributed by atoms with Gasteiger partial charge in [-0.05, 0) is 27.7 Å². The number of carbonyl (C=O) groups is 2. The number of ether oxygens (including phenoxy) is 2. The number of aliphatic hydroxyl groups is 3. The summed E-state index contributed by atoms with van der Waals surface area (Å²) in [6, 6.07) is 0. The lowest BCUT2D eigenvalue weighted by Gasteiger charge is -2.29. The highest BCUT2D eigenvalue weighted by Gasteiger charge is 2.42. The molecule has 3 unspecified atom stereocenters. The van der Waals surface area contributed by atoms with E-state index in [0.29, 0.717) is 0 Å². The molecule has 166 valence electrons. The van der Waals surface area contributed by atoms with E-state index in [-0.39, 0.29) is 24.8 Å². The maximum Gasteiger partial charge on any atom is 0.343 e. The van der Waals surface area contributed by atoms with Gasteiger partial charge < -0.3 is 24.8 Å². The Hall–Kier alpha value is -3.29. The van der Waals surface area contributed by atoms with E-state index in [9.17, 15) is 39.3 Å². The zero-order valence-corrected chi connectivity index (χ0v) is 16.8. The average Bonchev–Trinajstić information content (AvgIpc) is 2.58. The minimum atomic E-state index is -3.27. The number of esters is 2. The molecule has 13 heteroatoms. The number of hydrogen-bond acceptors (Lipinski definition) is 10. The highest BCUT2D eigenvalue weighted by Crippen LogP contribution is 2.15. The summed E-state index contributed by atoms with van der Waals surface area (Å²) in [6.07, 6.45) is -3.64. The van der Waals surface area contributed by atoms with Gasteiger partial charge in [0.05, 0.1) is 0 Å². The van der Waals surface area contributed by atoms with Gasteiger partial charge in [0.2, 0.25) is 0 Å². The minimum Gasteiger partial charge on any atom is -0.453 e. The lowest BCUT2D eigenvalue weighted by molar-refractivity contribution is -0.274. The summed E-state index contributed by atoms with van der Waals surface area (Å²) in [5.74, 6) is -5.61. The molecule has 0 aliphatic heterocycles. The Bertz CT molecular complexity index is 1010. The molecule has 3 N–H and O–H groups in total. The van der Waals surface area contributed by atoms with Gasteiger partial charge in [-0.25, -0.2) is 33.1 Å². The molecule has 1 rings (SSSR count). The van der Waals surface area contributed by atoms with Gasteiger partial charge in [-0.1, -0.05) is 13.2 Å². The van der Waals surface area contributed by atoms with Crippen LogP contribution in [0.2, 0.25) is 0 Å². The summed E-state index contributed by atoms with van der Waals surface area (Å²) >= 11 is 0. The van der Waals surface area contributed by atoms with Crippen molar-refractivity contribution in [3.8, 4) is 0 Å². The molecule has 30 heavy (non-hydrogen) atoms. The van der Waals surface area contributed by atoms with Crippen LogP contribution in [0.4, 0.5) is 0 Å². The van der Waals surface area contributed by atoms with E-state index < -0.39 is 54.0 Å². The van der Waals surface area contributed by atoms with Crippen LogP contribution in [0.1, 0.15) is 40.2 Å². The molecule has 0 saturated carbocycles. The smallest absolute Gasteiger partial charge is 0.343 e. The largest absolute Gasteiger partial charge is 0.453 e. The third-order valence-electron chi connectivity index (χ3n) is 3.65. The number of rotatable bonds is 8. The Morgan fingerprint density at radius 3 is 1.67 bits per heavy atom. The highest BCUT2D eigenvalue weighted by atomic mass is 16.7. The Labute approximate surface area is 169 Å². The van der Waals surface area contributed by atoms with E-state index in [1.54, 1.807) is 0 Å². The first-order valence-corrected chi connectivity index (χ1v) is 8.46. The number of nitrogens with zero attached hydrogens (tertiary/aromatic N) is 3. The van der Waals surface area contributed by atoms with Crippen molar-refractivity contribution in [3.05, 3.63) is 55.8 Å². The van der Waals surface area contributed by atoms with Crippen molar-refractivity contribution in [1.29, 1.82) is 0 Å². The van der Waals surface area contributed by atoms with E-state index in [1.807, 2.05) is 0 Å². The summed E-state index contributed by atoms with van der Waals surface area (Å²) in [5.41, 5.74) is -5.00. The number of carbonyl (C=O) groups excluding carboxylic acids is 2. The molecular weight excluding hydrogens is 406 g/mol. The lowest BCUT2D eigenvalue weighted by atomic mass is 10.3. The standard InChI is InChI=1S/C17H23N3O10/c1-8(2)12(23)29-7-17(28,30-13(24)9(3)4)20-15(26)18(10(5)21)14(25)19(11(6)22)16(20)27/h10-11,21-22,28H,1,3,7H2,2,4-6H3. The van der Waals surface area contributed by atoms with Crippen LogP contribution >= 0.6 is 0 Å². The fraction of sp³-hybridized carbons (Fsp3) is 0.471. The molecular formula is C17H23N3O10. The van der Waals surface area contributed by atoms with Gasteiger partial charge in [-0.3, -0.25) is 0 Å². The van der Waals surface area contributed by atoms with Crippen molar-refractivity contribution in [1.82, 2.24) is 13.7 Å². The molecule has 0 aliphatic carbocycles. The summed E-state index contributed by atoms with van der Waals surface area (Å²) in [5, 5.41) is 30.4. The molecule has 0 aromatic carbocycles. The molecule has 0 amide bonds. The maximum absolute atomic E-state index is 12.7. The Kier molecular flexibility index (Phi) is 7.44. The van der Waals surface area contributed by atoms with Crippen LogP contribution < -0.4 is 17.1 Å². The van der Waals surface area contributed by atoms with E-state index in [0.717, 1.165) is 13.8 Å². The van der Waals surface area contributed by atoms with E-state index in [2.05, 4.69) is 13.2 Å². The van der Waals surface area contributed by atoms with Crippen LogP contribution in [-0.2, 0) is 25.0 Å². The monoisotopic (exact) mass is 429 g/mol. The minimum absolute atomic E-state index is 0.105. The van der Waals surface area contributed by atoms with Gasteiger partial charge in [-0.15, -0.1) is 0 Å². The summed E-state index contributed by atoms with van der Waals surface area (Å²) < 4.78 is 9.56. The second-order valence-electron chi connectivity index (χ2n) is 6.46. The summed E-state index contributed by atoms with van der Waals surface area (Å²) in [4.78, 5) is 61.6. The first-order valence-electron chi connectivity index (χ1n) is 8.46. The first-order chi connectivity index (χ1) is 13.7. The third kappa shape index (κ3) is 4.82. The normalized spacial score (nSPS) is 14.9. The van der Waals surface area contributed by atoms with Crippen LogP contribution in [0.5, 0.6) is 0 Å². The molecule has 3 atom stereocenters. The molecule has 0 fully saturated rings. The number of hydrogen-bond donors (Lipinski definition) is 3. The zero-order valence-electron chi connectivity index (χ0n) is 16.8. The second kappa shape index (κ2) is 9.02.